The first-order chi connectivity index (χ1) is 8.59. The fourth-order valence-corrected chi connectivity index (χ4v) is 2.27. The maximum absolute atomic E-state index is 11.8. The molecule has 3 heteroatoms. The number of hydrogen-bond donors (Lipinski definition) is 2. The summed E-state index contributed by atoms with van der Waals surface area (Å²) in [5.41, 5.74) is -0.420. The predicted octanol–water partition coefficient (Wildman–Crippen LogP) is 2.86. The summed E-state index contributed by atoms with van der Waals surface area (Å²) in [5, 5.41) is 10.2. The first-order valence-corrected chi connectivity index (χ1v) is 6.63. The number of hydrogen-bond acceptors (Lipinski definition) is 3. The van der Waals surface area contributed by atoms with Crippen LogP contribution in [-0.4, -0.2) is 16.5 Å². The van der Waals surface area contributed by atoms with E-state index in [-0.39, 0.29) is 5.78 Å². The van der Waals surface area contributed by atoms with Crippen LogP contribution in [0, 0.1) is 11.8 Å². The standard InChI is InChI=1S/C15H16O2S/c16-14(12-4-6-13(18)7-5-12)8-11-15(17)9-2-1-3-10-15/h4-7,17-18H,1-3,9-10H2. The minimum Gasteiger partial charge on any atom is -0.378 e. The molecule has 1 aromatic rings. The molecule has 2 nitrogen and oxygen atoms in total. The number of carbonyl (C=O) groups excluding carboxylic acids is 1. The monoisotopic (exact) mass is 260 g/mol. The zero-order valence-electron chi connectivity index (χ0n) is 10.1. The number of aliphatic hydroxyl groups is 1. The quantitative estimate of drug-likeness (QED) is 0.352. The number of rotatable bonds is 1. The largest absolute Gasteiger partial charge is 0.378 e. The maximum atomic E-state index is 11.8. The third kappa shape index (κ3) is 3.38. The van der Waals surface area contributed by atoms with Gasteiger partial charge in [0.2, 0.25) is 5.78 Å². The van der Waals surface area contributed by atoms with Crippen molar-refractivity contribution in [2.45, 2.75) is 42.6 Å². The van der Waals surface area contributed by atoms with Crippen molar-refractivity contribution in [3.05, 3.63) is 29.8 Å². The van der Waals surface area contributed by atoms with Crippen molar-refractivity contribution < 1.29 is 9.90 Å². The number of ketones is 1. The Morgan fingerprint density at radius 2 is 1.78 bits per heavy atom. The fourth-order valence-electron chi connectivity index (χ4n) is 2.12. The highest BCUT2D eigenvalue weighted by Gasteiger charge is 2.26. The summed E-state index contributed by atoms with van der Waals surface area (Å²) in [5.74, 6) is 5.06. The maximum Gasteiger partial charge on any atom is 0.235 e. The van der Waals surface area contributed by atoms with Gasteiger partial charge in [-0.2, -0.15) is 0 Å². The van der Waals surface area contributed by atoms with Gasteiger partial charge in [-0.25, -0.2) is 0 Å². The van der Waals surface area contributed by atoms with Gasteiger partial charge in [0.05, 0.1) is 0 Å². The van der Waals surface area contributed by atoms with Crippen LogP contribution >= 0.6 is 12.6 Å². The van der Waals surface area contributed by atoms with Gasteiger partial charge in [-0.3, -0.25) is 4.79 Å². The van der Waals surface area contributed by atoms with E-state index in [4.69, 9.17) is 0 Å². The van der Waals surface area contributed by atoms with Gasteiger partial charge in [-0.05, 0) is 55.9 Å². The molecule has 2 rings (SSSR count). The van der Waals surface area contributed by atoms with E-state index < -0.39 is 5.60 Å². The minimum atomic E-state index is -0.961. The molecule has 1 aliphatic carbocycles. The van der Waals surface area contributed by atoms with Crippen LogP contribution in [0.2, 0.25) is 0 Å². The fraction of sp³-hybridized carbons (Fsp3) is 0.400. The summed E-state index contributed by atoms with van der Waals surface area (Å²) >= 11 is 4.16. The Balaban J connectivity index is 2.09. The number of carbonyl (C=O) groups is 1. The zero-order chi connectivity index (χ0) is 13.0. The molecule has 1 aromatic carbocycles. The second kappa shape index (κ2) is 5.60. The lowest BCUT2D eigenvalue weighted by Crippen LogP contribution is -2.29. The molecule has 0 aromatic heterocycles. The van der Waals surface area contributed by atoms with E-state index in [9.17, 15) is 9.90 Å². The van der Waals surface area contributed by atoms with Gasteiger partial charge in [0.25, 0.3) is 0 Å². The molecule has 0 saturated heterocycles. The Hall–Kier alpha value is -1.24. The van der Waals surface area contributed by atoms with Crippen LogP contribution in [0.4, 0.5) is 0 Å². The van der Waals surface area contributed by atoms with Crippen molar-refractivity contribution in [2.75, 3.05) is 0 Å². The average molecular weight is 260 g/mol. The topological polar surface area (TPSA) is 37.3 Å². The van der Waals surface area contributed by atoms with Gasteiger partial charge < -0.3 is 5.11 Å². The second-order valence-corrected chi connectivity index (χ2v) is 5.23. The van der Waals surface area contributed by atoms with Crippen molar-refractivity contribution in [1.82, 2.24) is 0 Å². The minimum absolute atomic E-state index is 0.248. The van der Waals surface area contributed by atoms with Crippen LogP contribution in [0.3, 0.4) is 0 Å². The molecule has 1 aliphatic rings. The summed E-state index contributed by atoms with van der Waals surface area (Å²) < 4.78 is 0. The first-order valence-electron chi connectivity index (χ1n) is 6.18. The molecule has 0 bridgehead atoms. The SMILES string of the molecule is O=C(C#CC1(O)CCCCC1)c1ccc(S)cc1. The lowest BCUT2D eigenvalue weighted by Gasteiger charge is -2.26. The molecule has 18 heavy (non-hydrogen) atoms. The molecular weight excluding hydrogens is 244 g/mol. The molecule has 1 fully saturated rings. The van der Waals surface area contributed by atoms with Gasteiger partial charge in [0.1, 0.15) is 5.60 Å². The van der Waals surface area contributed by atoms with Crippen molar-refractivity contribution >= 4 is 18.4 Å². The Morgan fingerprint density at radius 1 is 1.17 bits per heavy atom. The first kappa shape index (κ1) is 13.2. The van der Waals surface area contributed by atoms with Gasteiger partial charge >= 0.3 is 0 Å². The van der Waals surface area contributed by atoms with E-state index in [0.29, 0.717) is 18.4 Å². The highest BCUT2D eigenvalue weighted by molar-refractivity contribution is 7.80. The molecule has 94 valence electrons. The van der Waals surface area contributed by atoms with E-state index in [2.05, 4.69) is 24.5 Å². The third-order valence-electron chi connectivity index (χ3n) is 3.22. The highest BCUT2D eigenvalue weighted by atomic mass is 32.1. The van der Waals surface area contributed by atoms with Gasteiger partial charge in [0.15, 0.2) is 0 Å². The summed E-state index contributed by atoms with van der Waals surface area (Å²) in [4.78, 5) is 12.6. The van der Waals surface area contributed by atoms with Crippen molar-refractivity contribution in [1.29, 1.82) is 0 Å². The predicted molar refractivity (Wildman–Crippen MR) is 73.8 cm³/mol. The molecule has 0 amide bonds. The molecule has 0 radical (unpaired) electrons. The molecular formula is C15H16O2S. The van der Waals surface area contributed by atoms with E-state index in [0.717, 1.165) is 24.2 Å². The van der Waals surface area contributed by atoms with Crippen LogP contribution in [0.5, 0.6) is 0 Å². The summed E-state index contributed by atoms with van der Waals surface area (Å²) in [6, 6.07) is 6.91. The van der Waals surface area contributed by atoms with Gasteiger partial charge in [-0.1, -0.05) is 12.3 Å². The third-order valence-corrected chi connectivity index (χ3v) is 3.52. The van der Waals surface area contributed by atoms with Crippen LogP contribution in [0.1, 0.15) is 42.5 Å². The van der Waals surface area contributed by atoms with Crippen LogP contribution in [0.25, 0.3) is 0 Å². The summed E-state index contributed by atoms with van der Waals surface area (Å²) in [7, 11) is 0. The van der Waals surface area contributed by atoms with Crippen molar-refractivity contribution in [3.8, 4) is 11.8 Å². The molecule has 0 unspecified atom stereocenters. The van der Waals surface area contributed by atoms with E-state index in [1.54, 1.807) is 24.3 Å². The lowest BCUT2D eigenvalue weighted by atomic mass is 9.85. The van der Waals surface area contributed by atoms with Crippen LogP contribution < -0.4 is 0 Å². The van der Waals surface area contributed by atoms with Crippen molar-refractivity contribution in [2.24, 2.45) is 0 Å². The highest BCUT2D eigenvalue weighted by Crippen LogP contribution is 2.27. The Morgan fingerprint density at radius 3 is 2.39 bits per heavy atom. The van der Waals surface area contributed by atoms with Gasteiger partial charge in [0, 0.05) is 10.5 Å². The van der Waals surface area contributed by atoms with E-state index >= 15 is 0 Å². The molecule has 0 aliphatic heterocycles. The molecule has 1 N–H and O–H groups in total. The summed E-state index contributed by atoms with van der Waals surface area (Å²) in [6.45, 7) is 0. The number of thiol groups is 1. The smallest absolute Gasteiger partial charge is 0.235 e. The Kier molecular flexibility index (Phi) is 4.11. The lowest BCUT2D eigenvalue weighted by molar-refractivity contribution is 0.0607. The Labute approximate surface area is 113 Å². The van der Waals surface area contributed by atoms with E-state index in [1.807, 2.05) is 0 Å². The molecule has 1 saturated carbocycles. The normalized spacial score (nSPS) is 17.7. The second-order valence-electron chi connectivity index (χ2n) is 4.72. The number of benzene rings is 1. The molecule has 0 heterocycles. The molecule has 0 spiro atoms. The van der Waals surface area contributed by atoms with Crippen LogP contribution in [-0.2, 0) is 0 Å². The molecule has 0 atom stereocenters. The summed E-state index contributed by atoms with van der Waals surface area (Å²) in [6.07, 6.45) is 4.44. The Bertz CT molecular complexity index is 487. The van der Waals surface area contributed by atoms with Crippen LogP contribution in [0.15, 0.2) is 29.2 Å². The zero-order valence-corrected chi connectivity index (χ0v) is 11.0. The van der Waals surface area contributed by atoms with E-state index in [1.165, 1.54) is 0 Å². The number of Topliss-reactive ketones (excluding diaryl/α,β-unsaturated/α-hetero) is 1. The average Bonchev–Trinajstić information content (AvgIpc) is 2.38. The van der Waals surface area contributed by atoms with Gasteiger partial charge in [-0.15, -0.1) is 12.6 Å². The van der Waals surface area contributed by atoms with Crippen molar-refractivity contribution in [3.63, 3.8) is 0 Å².